The number of hydrogen-bond donors (Lipinski definition) is 1. The van der Waals surface area contributed by atoms with E-state index in [2.05, 4.69) is 46.4 Å². The summed E-state index contributed by atoms with van der Waals surface area (Å²) in [4.78, 5) is 0. The molecule has 1 heterocycles. The van der Waals surface area contributed by atoms with E-state index in [1.807, 2.05) is 0 Å². The molecule has 1 N–H and O–H groups in total. The maximum Gasteiger partial charge on any atom is 0.124 e. The Hall–Kier alpha value is -0.540. The maximum absolute atomic E-state index is 5.75. The van der Waals surface area contributed by atoms with Gasteiger partial charge in [0.1, 0.15) is 5.75 Å². The quantitative estimate of drug-likeness (QED) is 0.884. The summed E-state index contributed by atoms with van der Waals surface area (Å²) in [5, 5.41) is 3.80. The molecule has 1 aromatic rings. The Morgan fingerprint density at radius 2 is 2.26 bits per heavy atom. The Kier molecular flexibility index (Phi) is 3.86. The average molecular weight is 324 g/mol. The standard InChI is InChI=1S/C16H22BrNO/c1-2-16(7-3-8-16)11-18-14-6-9-19-15-5-4-12(17)10-13(14)15/h4-5,10,14,18H,2-3,6-9,11H2,1H3. The summed E-state index contributed by atoms with van der Waals surface area (Å²) in [6, 6.07) is 6.78. The zero-order valence-electron chi connectivity index (χ0n) is 11.5. The smallest absolute Gasteiger partial charge is 0.124 e. The van der Waals surface area contributed by atoms with E-state index >= 15 is 0 Å². The normalized spacial score (nSPS) is 24.2. The molecule has 1 aromatic carbocycles. The fourth-order valence-electron chi connectivity index (χ4n) is 3.25. The molecule has 0 bridgehead atoms. The molecular weight excluding hydrogens is 302 g/mol. The monoisotopic (exact) mass is 323 g/mol. The largest absolute Gasteiger partial charge is 0.493 e. The van der Waals surface area contributed by atoms with Crippen LogP contribution in [0.15, 0.2) is 22.7 Å². The van der Waals surface area contributed by atoms with E-state index in [1.54, 1.807) is 0 Å². The molecular formula is C16H22BrNO. The van der Waals surface area contributed by atoms with E-state index in [0.717, 1.165) is 29.8 Å². The minimum absolute atomic E-state index is 0.449. The summed E-state index contributed by atoms with van der Waals surface area (Å²) in [6.07, 6.45) is 6.57. The van der Waals surface area contributed by atoms with Gasteiger partial charge in [0, 0.05) is 29.0 Å². The molecule has 1 aliphatic heterocycles. The van der Waals surface area contributed by atoms with Crippen molar-refractivity contribution in [2.24, 2.45) is 5.41 Å². The number of benzene rings is 1. The molecule has 2 nitrogen and oxygen atoms in total. The second kappa shape index (κ2) is 5.45. The van der Waals surface area contributed by atoms with E-state index in [9.17, 15) is 0 Å². The predicted octanol–water partition coefficient (Wildman–Crippen LogP) is 4.44. The maximum atomic E-state index is 5.75. The van der Waals surface area contributed by atoms with Gasteiger partial charge in [-0.3, -0.25) is 0 Å². The lowest BCUT2D eigenvalue weighted by atomic mass is 9.67. The van der Waals surface area contributed by atoms with Crippen LogP contribution in [0.5, 0.6) is 5.75 Å². The second-order valence-electron chi connectivity index (χ2n) is 5.96. The van der Waals surface area contributed by atoms with Gasteiger partial charge in [-0.15, -0.1) is 0 Å². The van der Waals surface area contributed by atoms with Crippen LogP contribution in [0.3, 0.4) is 0 Å². The molecule has 3 rings (SSSR count). The van der Waals surface area contributed by atoms with Gasteiger partial charge in [0.15, 0.2) is 0 Å². The first-order valence-electron chi connectivity index (χ1n) is 7.38. The molecule has 1 aliphatic carbocycles. The van der Waals surface area contributed by atoms with Crippen LogP contribution in [-0.4, -0.2) is 13.2 Å². The SMILES string of the molecule is CCC1(CNC2CCOc3ccc(Br)cc32)CCC1. The minimum atomic E-state index is 0.449. The highest BCUT2D eigenvalue weighted by Crippen LogP contribution is 2.44. The number of halogens is 1. The third kappa shape index (κ3) is 2.68. The fourth-order valence-corrected chi connectivity index (χ4v) is 3.63. The van der Waals surface area contributed by atoms with E-state index in [4.69, 9.17) is 4.74 Å². The van der Waals surface area contributed by atoms with Crippen LogP contribution in [0.25, 0.3) is 0 Å². The molecule has 1 unspecified atom stereocenters. The lowest BCUT2D eigenvalue weighted by Crippen LogP contribution is -2.41. The van der Waals surface area contributed by atoms with Gasteiger partial charge in [-0.05, 0) is 42.9 Å². The van der Waals surface area contributed by atoms with Crippen molar-refractivity contribution in [3.8, 4) is 5.75 Å². The highest BCUT2D eigenvalue weighted by molar-refractivity contribution is 9.10. The van der Waals surface area contributed by atoms with Crippen molar-refractivity contribution in [2.75, 3.05) is 13.2 Å². The molecule has 1 saturated carbocycles. The molecule has 0 amide bonds. The third-order valence-corrected chi connectivity index (χ3v) is 5.39. The van der Waals surface area contributed by atoms with Crippen molar-refractivity contribution in [1.82, 2.24) is 5.32 Å². The molecule has 19 heavy (non-hydrogen) atoms. The van der Waals surface area contributed by atoms with Crippen molar-refractivity contribution < 1.29 is 4.74 Å². The van der Waals surface area contributed by atoms with Crippen LogP contribution < -0.4 is 10.1 Å². The molecule has 0 aromatic heterocycles. The lowest BCUT2D eigenvalue weighted by Gasteiger charge is -2.43. The van der Waals surface area contributed by atoms with Crippen molar-refractivity contribution in [3.63, 3.8) is 0 Å². The lowest BCUT2D eigenvalue weighted by molar-refractivity contribution is 0.114. The van der Waals surface area contributed by atoms with E-state index in [0.29, 0.717) is 11.5 Å². The Balaban J connectivity index is 1.71. The Labute approximate surface area is 124 Å². The molecule has 1 atom stereocenters. The fraction of sp³-hybridized carbons (Fsp3) is 0.625. The summed E-state index contributed by atoms with van der Waals surface area (Å²) in [5.74, 6) is 1.05. The van der Waals surface area contributed by atoms with Gasteiger partial charge in [0.25, 0.3) is 0 Å². The highest BCUT2D eigenvalue weighted by Gasteiger charge is 2.35. The van der Waals surface area contributed by atoms with Gasteiger partial charge >= 0.3 is 0 Å². The summed E-state index contributed by atoms with van der Waals surface area (Å²) < 4.78 is 6.88. The van der Waals surface area contributed by atoms with Crippen molar-refractivity contribution >= 4 is 15.9 Å². The van der Waals surface area contributed by atoms with Crippen LogP contribution in [0.1, 0.15) is 50.6 Å². The summed E-state index contributed by atoms with van der Waals surface area (Å²) in [6.45, 7) is 4.31. The number of hydrogen-bond acceptors (Lipinski definition) is 2. The van der Waals surface area contributed by atoms with Crippen molar-refractivity contribution in [2.45, 2.75) is 45.1 Å². The third-order valence-electron chi connectivity index (χ3n) is 4.90. The van der Waals surface area contributed by atoms with Gasteiger partial charge < -0.3 is 10.1 Å². The number of nitrogens with one attached hydrogen (secondary N) is 1. The summed E-state index contributed by atoms with van der Waals surface area (Å²) in [7, 11) is 0. The molecule has 3 heteroatoms. The van der Waals surface area contributed by atoms with E-state index in [-0.39, 0.29) is 0 Å². The highest BCUT2D eigenvalue weighted by atomic mass is 79.9. The Morgan fingerprint density at radius 3 is 2.95 bits per heavy atom. The minimum Gasteiger partial charge on any atom is -0.493 e. The predicted molar refractivity (Wildman–Crippen MR) is 81.6 cm³/mol. The number of rotatable bonds is 4. The van der Waals surface area contributed by atoms with Crippen molar-refractivity contribution in [1.29, 1.82) is 0 Å². The van der Waals surface area contributed by atoms with E-state index < -0.39 is 0 Å². The summed E-state index contributed by atoms with van der Waals surface area (Å²) in [5.41, 5.74) is 1.89. The molecule has 1 fully saturated rings. The molecule has 0 saturated heterocycles. The van der Waals surface area contributed by atoms with Crippen molar-refractivity contribution in [3.05, 3.63) is 28.2 Å². The van der Waals surface area contributed by atoms with Crippen LogP contribution >= 0.6 is 15.9 Å². The molecule has 0 spiro atoms. The van der Waals surface area contributed by atoms with Gasteiger partial charge in [-0.2, -0.15) is 0 Å². The molecule has 104 valence electrons. The summed E-state index contributed by atoms with van der Waals surface area (Å²) >= 11 is 3.56. The first kappa shape index (κ1) is 13.4. The molecule has 0 radical (unpaired) electrons. The zero-order valence-corrected chi connectivity index (χ0v) is 13.1. The Bertz CT molecular complexity index is 451. The topological polar surface area (TPSA) is 21.3 Å². The Morgan fingerprint density at radius 1 is 1.42 bits per heavy atom. The van der Waals surface area contributed by atoms with Crippen LogP contribution in [0, 0.1) is 5.41 Å². The van der Waals surface area contributed by atoms with Gasteiger partial charge in [0.2, 0.25) is 0 Å². The first-order valence-corrected chi connectivity index (χ1v) is 8.17. The molecule has 2 aliphatic rings. The number of ether oxygens (including phenoxy) is 1. The first-order chi connectivity index (χ1) is 9.22. The van der Waals surface area contributed by atoms with Crippen LogP contribution in [0.2, 0.25) is 0 Å². The van der Waals surface area contributed by atoms with E-state index in [1.165, 1.54) is 31.2 Å². The van der Waals surface area contributed by atoms with Crippen LogP contribution in [-0.2, 0) is 0 Å². The van der Waals surface area contributed by atoms with Crippen LogP contribution in [0.4, 0.5) is 0 Å². The van der Waals surface area contributed by atoms with Gasteiger partial charge in [-0.25, -0.2) is 0 Å². The van der Waals surface area contributed by atoms with Gasteiger partial charge in [0.05, 0.1) is 6.61 Å². The zero-order chi connectivity index (χ0) is 13.3. The number of fused-ring (bicyclic) bond motifs is 1. The van der Waals surface area contributed by atoms with Gasteiger partial charge in [-0.1, -0.05) is 29.3 Å². The second-order valence-corrected chi connectivity index (χ2v) is 6.88. The average Bonchev–Trinajstić information content (AvgIpc) is 2.38.